The van der Waals surface area contributed by atoms with E-state index in [0.29, 0.717) is 12.1 Å². The van der Waals surface area contributed by atoms with Crippen LogP contribution in [0.5, 0.6) is 11.5 Å². The van der Waals surface area contributed by atoms with Gasteiger partial charge in [0.25, 0.3) is 0 Å². The molecule has 0 N–H and O–H groups in total. The Hall–Kier alpha value is -0.720. The van der Waals surface area contributed by atoms with E-state index in [9.17, 15) is 26.3 Å². The molecule has 0 spiro atoms. The summed E-state index contributed by atoms with van der Waals surface area (Å²) in [7, 11) is 0. The molecule has 0 amide bonds. The Morgan fingerprint density at radius 1 is 0.619 bits per heavy atom. The van der Waals surface area contributed by atoms with Crippen molar-refractivity contribution in [3.8, 4) is 11.5 Å². The summed E-state index contributed by atoms with van der Waals surface area (Å²) in [5, 5.41) is 0. The molecule has 2 aromatic carbocycles. The number of hydrogen-bond acceptors (Lipinski definition) is 1. The maximum absolute atomic E-state index is 13.6. The minimum absolute atomic E-state index is 0.205. The Kier molecular flexibility index (Phi) is 4.90. The summed E-state index contributed by atoms with van der Waals surface area (Å²) < 4.78 is 83.9. The van der Waals surface area contributed by atoms with E-state index in [4.69, 9.17) is 4.74 Å². The normalized spacial score (nSPS) is 10.9. The lowest BCUT2D eigenvalue weighted by molar-refractivity contribution is 0.360. The van der Waals surface area contributed by atoms with Gasteiger partial charge in [-0.3, -0.25) is 0 Å². The molecule has 0 heterocycles. The average molecular weight is 530 g/mol. The zero-order valence-electron chi connectivity index (χ0n) is 9.59. The molecule has 21 heavy (non-hydrogen) atoms. The molecule has 0 fully saturated rings. The number of halogens is 8. The predicted molar refractivity (Wildman–Crippen MR) is 78.1 cm³/mol. The zero-order chi connectivity index (χ0) is 15.9. The Labute approximate surface area is 141 Å². The minimum atomic E-state index is -1.82. The number of benzene rings is 2. The van der Waals surface area contributed by atoms with Crippen LogP contribution in [0.1, 0.15) is 0 Å². The van der Waals surface area contributed by atoms with Crippen LogP contribution in [-0.4, -0.2) is 0 Å². The van der Waals surface area contributed by atoms with Crippen molar-refractivity contribution < 1.29 is 31.1 Å². The first kappa shape index (κ1) is 16.6. The maximum Gasteiger partial charge on any atom is 0.205 e. The minimum Gasteiger partial charge on any atom is -0.449 e. The highest BCUT2D eigenvalue weighted by molar-refractivity contribution is 14.1. The fraction of sp³-hybridized carbons (Fsp3) is 0. The van der Waals surface area contributed by atoms with Crippen LogP contribution in [0, 0.1) is 42.0 Å². The van der Waals surface area contributed by atoms with E-state index in [1.54, 1.807) is 0 Å². The molecule has 1 nitrogen and oxygen atoms in total. The molecular formula is C12H2F6I2O. The highest BCUT2D eigenvalue weighted by Crippen LogP contribution is 2.37. The first-order valence-corrected chi connectivity index (χ1v) is 7.23. The van der Waals surface area contributed by atoms with Crippen molar-refractivity contribution in [3.63, 3.8) is 0 Å². The van der Waals surface area contributed by atoms with Gasteiger partial charge in [0.15, 0.2) is 34.8 Å². The van der Waals surface area contributed by atoms with Crippen LogP contribution in [-0.2, 0) is 0 Å². The molecule has 9 heteroatoms. The van der Waals surface area contributed by atoms with Gasteiger partial charge in [0.2, 0.25) is 11.6 Å². The smallest absolute Gasteiger partial charge is 0.205 e. The van der Waals surface area contributed by atoms with Crippen molar-refractivity contribution >= 4 is 45.2 Å². The summed E-state index contributed by atoms with van der Waals surface area (Å²) in [5.41, 5.74) is 0. The molecule has 0 aliphatic heterocycles. The van der Waals surface area contributed by atoms with Crippen molar-refractivity contribution in [1.29, 1.82) is 0 Å². The van der Waals surface area contributed by atoms with Gasteiger partial charge in [-0.25, -0.2) is 17.6 Å². The van der Waals surface area contributed by atoms with Crippen molar-refractivity contribution in [2.75, 3.05) is 0 Å². The number of ether oxygens (including phenoxy) is 1. The molecule has 112 valence electrons. The predicted octanol–water partition coefficient (Wildman–Crippen LogP) is 5.52. The van der Waals surface area contributed by atoms with Crippen LogP contribution in [0.2, 0.25) is 0 Å². The van der Waals surface area contributed by atoms with E-state index in [2.05, 4.69) is 0 Å². The highest BCUT2D eigenvalue weighted by atomic mass is 127. The van der Waals surface area contributed by atoms with Crippen LogP contribution in [0.25, 0.3) is 0 Å². The number of rotatable bonds is 2. The summed E-state index contributed by atoms with van der Waals surface area (Å²) in [4.78, 5) is 0. The zero-order valence-corrected chi connectivity index (χ0v) is 13.9. The van der Waals surface area contributed by atoms with Gasteiger partial charge in [-0.1, -0.05) is 0 Å². The lowest BCUT2D eigenvalue weighted by Gasteiger charge is -2.12. The summed E-state index contributed by atoms with van der Waals surface area (Å²) in [6, 6.07) is 1.25. The van der Waals surface area contributed by atoms with Gasteiger partial charge in [0.05, 0.1) is 7.14 Å². The molecule has 0 aliphatic carbocycles. The lowest BCUT2D eigenvalue weighted by Crippen LogP contribution is -2.03. The Balaban J connectivity index is 2.59. The van der Waals surface area contributed by atoms with Crippen molar-refractivity contribution in [2.24, 2.45) is 0 Å². The van der Waals surface area contributed by atoms with Crippen molar-refractivity contribution in [3.05, 3.63) is 54.2 Å². The van der Waals surface area contributed by atoms with Crippen molar-refractivity contribution in [2.45, 2.75) is 0 Å². The summed E-state index contributed by atoms with van der Waals surface area (Å²) >= 11 is 2.86. The summed E-state index contributed by atoms with van der Waals surface area (Å²) in [6.45, 7) is 0. The quantitative estimate of drug-likeness (QED) is 0.215. The molecular weight excluding hydrogens is 528 g/mol. The first-order valence-electron chi connectivity index (χ1n) is 5.07. The standard InChI is InChI=1S/C12H2F6I2O/c13-3-1-5(19)11(9(17)7(3)15)21-12-6(20)2-4(14)8(16)10(12)18/h1-2H. The SMILES string of the molecule is Fc1cc(I)c(Oc2c(I)cc(F)c(F)c2F)c(F)c1F. The van der Waals surface area contributed by atoms with Crippen LogP contribution in [0.15, 0.2) is 12.1 Å². The van der Waals surface area contributed by atoms with Gasteiger partial charge >= 0.3 is 0 Å². The van der Waals surface area contributed by atoms with E-state index in [-0.39, 0.29) is 7.14 Å². The molecule has 0 atom stereocenters. The van der Waals surface area contributed by atoms with Gasteiger partial charge in [0, 0.05) is 0 Å². The second-order valence-corrected chi connectivity index (χ2v) is 6.02. The van der Waals surface area contributed by atoms with E-state index in [1.807, 2.05) is 0 Å². The van der Waals surface area contributed by atoms with Crippen LogP contribution in [0.4, 0.5) is 26.3 Å². The molecule has 0 unspecified atom stereocenters. The van der Waals surface area contributed by atoms with Gasteiger partial charge < -0.3 is 4.74 Å². The monoisotopic (exact) mass is 530 g/mol. The second-order valence-electron chi connectivity index (χ2n) is 3.70. The first-order chi connectivity index (χ1) is 9.73. The molecule has 0 aromatic heterocycles. The maximum atomic E-state index is 13.6. The third kappa shape index (κ3) is 3.07. The molecule has 2 rings (SSSR count). The van der Waals surface area contributed by atoms with E-state index >= 15 is 0 Å². The van der Waals surface area contributed by atoms with E-state index in [0.717, 1.165) is 0 Å². The molecule has 2 aromatic rings. The highest BCUT2D eigenvalue weighted by Gasteiger charge is 2.24. The Morgan fingerprint density at radius 2 is 0.952 bits per heavy atom. The largest absolute Gasteiger partial charge is 0.449 e. The average Bonchev–Trinajstić information content (AvgIpc) is 2.42. The van der Waals surface area contributed by atoms with Gasteiger partial charge in [-0.05, 0) is 57.3 Å². The molecule has 0 radical (unpaired) electrons. The van der Waals surface area contributed by atoms with Crippen LogP contribution < -0.4 is 4.74 Å². The van der Waals surface area contributed by atoms with Crippen LogP contribution >= 0.6 is 45.2 Å². The summed E-state index contributed by atoms with van der Waals surface area (Å²) in [6.07, 6.45) is 0. The van der Waals surface area contributed by atoms with Crippen molar-refractivity contribution in [1.82, 2.24) is 0 Å². The topological polar surface area (TPSA) is 9.23 Å². The fourth-order valence-corrected chi connectivity index (χ4v) is 2.63. The number of hydrogen-bond donors (Lipinski definition) is 0. The second kappa shape index (κ2) is 6.18. The molecule has 0 saturated carbocycles. The van der Waals surface area contributed by atoms with E-state index in [1.165, 1.54) is 45.2 Å². The van der Waals surface area contributed by atoms with Gasteiger partial charge in [-0.2, -0.15) is 8.78 Å². The summed E-state index contributed by atoms with van der Waals surface area (Å²) in [5.74, 6) is -11.6. The van der Waals surface area contributed by atoms with Crippen LogP contribution in [0.3, 0.4) is 0 Å². The van der Waals surface area contributed by atoms with Gasteiger partial charge in [0.1, 0.15) is 0 Å². The molecule has 0 saturated heterocycles. The fourth-order valence-electron chi connectivity index (χ4n) is 1.39. The third-order valence-corrected chi connectivity index (χ3v) is 3.95. The molecule has 0 bridgehead atoms. The van der Waals surface area contributed by atoms with E-state index < -0.39 is 46.4 Å². The Morgan fingerprint density at radius 3 is 1.29 bits per heavy atom. The molecule has 0 aliphatic rings. The van der Waals surface area contributed by atoms with Gasteiger partial charge in [-0.15, -0.1) is 0 Å². The lowest BCUT2D eigenvalue weighted by atomic mass is 10.3. The third-order valence-electron chi connectivity index (χ3n) is 2.35. The Bertz CT molecular complexity index is 673.